The number of hydrogen-bond donors (Lipinski definition) is 1. The van der Waals surface area contributed by atoms with Crippen molar-refractivity contribution in [2.24, 2.45) is 0 Å². The van der Waals surface area contributed by atoms with Gasteiger partial charge < -0.3 is 14.8 Å². The summed E-state index contributed by atoms with van der Waals surface area (Å²) in [7, 11) is -1.01. The van der Waals surface area contributed by atoms with Gasteiger partial charge in [0.05, 0.1) is 25.7 Å². The van der Waals surface area contributed by atoms with E-state index in [9.17, 15) is 13.2 Å². The molecule has 1 aliphatic rings. The third kappa shape index (κ3) is 5.31. The van der Waals surface area contributed by atoms with Crippen molar-refractivity contribution in [3.05, 3.63) is 54.1 Å². The van der Waals surface area contributed by atoms with Gasteiger partial charge in [-0.1, -0.05) is 43.2 Å². The molecule has 1 fully saturated rings. The van der Waals surface area contributed by atoms with Crippen LogP contribution < -0.4 is 14.8 Å². The monoisotopic (exact) mass is 432 g/mol. The number of hydrogen-bond acceptors (Lipinski definition) is 5. The zero-order valence-corrected chi connectivity index (χ0v) is 18.2. The average Bonchev–Trinajstić information content (AvgIpc) is 3.26. The summed E-state index contributed by atoms with van der Waals surface area (Å²) >= 11 is 0. The normalized spacial score (nSPS) is 14.6. The number of amides is 1. The summed E-state index contributed by atoms with van der Waals surface area (Å²) in [5.41, 5.74) is 0.801. The van der Waals surface area contributed by atoms with Gasteiger partial charge in [-0.05, 0) is 30.5 Å². The third-order valence-electron chi connectivity index (χ3n) is 5.23. The lowest BCUT2D eigenvalue weighted by Gasteiger charge is -2.23. The molecule has 1 aliphatic carbocycles. The first-order valence-electron chi connectivity index (χ1n) is 9.99. The van der Waals surface area contributed by atoms with Crippen molar-refractivity contribution in [2.45, 2.75) is 43.2 Å². The second-order valence-corrected chi connectivity index (χ2v) is 9.26. The minimum absolute atomic E-state index is 0.0461. The van der Waals surface area contributed by atoms with Gasteiger partial charge in [-0.25, -0.2) is 8.42 Å². The van der Waals surface area contributed by atoms with E-state index in [0.717, 1.165) is 31.2 Å². The molecule has 0 aromatic heterocycles. The fourth-order valence-electron chi connectivity index (χ4n) is 3.64. The second-order valence-electron chi connectivity index (χ2n) is 7.32. The van der Waals surface area contributed by atoms with Crippen LogP contribution in [0.25, 0.3) is 0 Å². The van der Waals surface area contributed by atoms with Crippen molar-refractivity contribution in [1.82, 2.24) is 9.62 Å². The van der Waals surface area contributed by atoms with Gasteiger partial charge in [0.1, 0.15) is 0 Å². The molecule has 8 heteroatoms. The molecule has 7 nitrogen and oxygen atoms in total. The Kier molecular flexibility index (Phi) is 7.33. The predicted octanol–water partition coefficient (Wildman–Crippen LogP) is 2.95. The first-order valence-corrected chi connectivity index (χ1v) is 11.4. The van der Waals surface area contributed by atoms with E-state index in [1.807, 2.05) is 30.3 Å². The smallest absolute Gasteiger partial charge is 0.243 e. The number of methoxy groups -OCH3 is 2. The van der Waals surface area contributed by atoms with Crippen molar-refractivity contribution >= 4 is 15.9 Å². The van der Waals surface area contributed by atoms with E-state index < -0.39 is 10.0 Å². The van der Waals surface area contributed by atoms with E-state index in [-0.39, 0.29) is 29.9 Å². The fraction of sp³-hybridized carbons (Fsp3) is 0.409. The van der Waals surface area contributed by atoms with Crippen LogP contribution in [0.1, 0.15) is 31.2 Å². The third-order valence-corrected chi connectivity index (χ3v) is 7.02. The van der Waals surface area contributed by atoms with Crippen LogP contribution in [0.2, 0.25) is 0 Å². The highest BCUT2D eigenvalue weighted by Crippen LogP contribution is 2.31. The highest BCUT2D eigenvalue weighted by atomic mass is 32.2. The maximum Gasteiger partial charge on any atom is 0.243 e. The zero-order chi connectivity index (χ0) is 21.6. The standard InChI is InChI=1S/C22H28N2O5S/c1-28-20-13-12-19(14-21(20)29-2)30(26,27)24(15-17-8-4-3-5-9-17)16-22(25)23-18-10-6-7-11-18/h3-5,8-9,12-14,18H,6-7,10-11,15-16H2,1-2H3,(H,23,25). The summed E-state index contributed by atoms with van der Waals surface area (Å²) in [4.78, 5) is 12.7. The molecule has 0 heterocycles. The van der Waals surface area contributed by atoms with E-state index in [0.29, 0.717) is 11.5 Å². The summed E-state index contributed by atoms with van der Waals surface area (Å²) in [6.07, 6.45) is 4.05. The Labute approximate surface area is 178 Å². The van der Waals surface area contributed by atoms with Gasteiger partial charge in [0.2, 0.25) is 15.9 Å². The van der Waals surface area contributed by atoms with Crippen molar-refractivity contribution < 1.29 is 22.7 Å². The van der Waals surface area contributed by atoms with Crippen LogP contribution in [0.4, 0.5) is 0 Å². The largest absolute Gasteiger partial charge is 0.493 e. The Hall–Kier alpha value is -2.58. The molecule has 1 saturated carbocycles. The molecular weight excluding hydrogens is 404 g/mol. The molecule has 1 amide bonds. The van der Waals surface area contributed by atoms with E-state index >= 15 is 0 Å². The molecule has 0 spiro atoms. The summed E-state index contributed by atoms with van der Waals surface area (Å²) < 4.78 is 38.5. The molecule has 3 rings (SSSR count). The molecular formula is C22H28N2O5S. The van der Waals surface area contributed by atoms with Gasteiger partial charge >= 0.3 is 0 Å². The number of sulfonamides is 1. The van der Waals surface area contributed by atoms with E-state index in [1.165, 1.54) is 30.7 Å². The number of nitrogens with one attached hydrogen (secondary N) is 1. The van der Waals surface area contributed by atoms with E-state index in [1.54, 1.807) is 6.07 Å². The highest BCUT2D eigenvalue weighted by molar-refractivity contribution is 7.89. The minimum atomic E-state index is -3.95. The number of carbonyl (C=O) groups excluding carboxylic acids is 1. The van der Waals surface area contributed by atoms with Gasteiger partial charge in [0.15, 0.2) is 11.5 Å². The van der Waals surface area contributed by atoms with Gasteiger partial charge in [0, 0.05) is 18.7 Å². The molecule has 1 N–H and O–H groups in total. The SMILES string of the molecule is COc1ccc(S(=O)(=O)N(CC(=O)NC2CCCC2)Cc2ccccc2)cc1OC. The van der Waals surface area contributed by atoms with Crippen molar-refractivity contribution in [3.8, 4) is 11.5 Å². The van der Waals surface area contributed by atoms with Crippen LogP contribution in [0.5, 0.6) is 11.5 Å². The number of ether oxygens (including phenoxy) is 2. The van der Waals surface area contributed by atoms with Crippen LogP contribution in [0.15, 0.2) is 53.4 Å². The Morgan fingerprint density at radius 1 is 1.03 bits per heavy atom. The molecule has 0 unspecified atom stereocenters. The van der Waals surface area contributed by atoms with Crippen LogP contribution in [-0.2, 0) is 21.4 Å². The molecule has 30 heavy (non-hydrogen) atoms. The molecule has 0 aliphatic heterocycles. The first kappa shape index (κ1) is 22.1. The highest BCUT2D eigenvalue weighted by Gasteiger charge is 2.29. The van der Waals surface area contributed by atoms with Crippen LogP contribution in [-0.4, -0.2) is 45.4 Å². The van der Waals surface area contributed by atoms with Crippen LogP contribution in [0.3, 0.4) is 0 Å². The Bertz CT molecular complexity index is 957. The second kappa shape index (κ2) is 9.95. The lowest BCUT2D eigenvalue weighted by atomic mass is 10.2. The number of nitrogens with zero attached hydrogens (tertiary/aromatic N) is 1. The van der Waals surface area contributed by atoms with E-state index in [4.69, 9.17) is 9.47 Å². The quantitative estimate of drug-likeness (QED) is 0.659. The molecule has 2 aromatic rings. The predicted molar refractivity (Wildman–Crippen MR) is 114 cm³/mol. The maximum atomic E-state index is 13.4. The van der Waals surface area contributed by atoms with Crippen LogP contribution in [0, 0.1) is 0 Å². The molecule has 0 saturated heterocycles. The van der Waals surface area contributed by atoms with Gasteiger partial charge in [0.25, 0.3) is 0 Å². The molecule has 2 aromatic carbocycles. The Balaban J connectivity index is 1.88. The molecule has 0 bridgehead atoms. The van der Waals surface area contributed by atoms with Gasteiger partial charge in [-0.15, -0.1) is 0 Å². The van der Waals surface area contributed by atoms with Gasteiger partial charge in [-0.3, -0.25) is 4.79 Å². The summed E-state index contributed by atoms with van der Waals surface area (Å²) in [5.74, 6) is 0.459. The van der Waals surface area contributed by atoms with Crippen LogP contribution >= 0.6 is 0 Å². The fourth-order valence-corrected chi connectivity index (χ4v) is 5.04. The first-order chi connectivity index (χ1) is 14.4. The average molecular weight is 433 g/mol. The molecule has 0 atom stereocenters. The Morgan fingerprint density at radius 2 is 1.70 bits per heavy atom. The Morgan fingerprint density at radius 3 is 2.33 bits per heavy atom. The topological polar surface area (TPSA) is 84.9 Å². The maximum absolute atomic E-state index is 13.4. The molecule has 0 radical (unpaired) electrons. The van der Waals surface area contributed by atoms with Crippen molar-refractivity contribution in [2.75, 3.05) is 20.8 Å². The summed E-state index contributed by atoms with van der Waals surface area (Å²) in [6, 6.07) is 13.8. The zero-order valence-electron chi connectivity index (χ0n) is 17.3. The van der Waals surface area contributed by atoms with Crippen molar-refractivity contribution in [3.63, 3.8) is 0 Å². The number of rotatable bonds is 9. The van der Waals surface area contributed by atoms with E-state index in [2.05, 4.69) is 5.32 Å². The lowest BCUT2D eigenvalue weighted by molar-refractivity contribution is -0.122. The van der Waals surface area contributed by atoms with Gasteiger partial charge in [-0.2, -0.15) is 4.31 Å². The minimum Gasteiger partial charge on any atom is -0.493 e. The van der Waals surface area contributed by atoms with Crippen molar-refractivity contribution in [1.29, 1.82) is 0 Å². The number of carbonyl (C=O) groups is 1. The summed E-state index contributed by atoms with van der Waals surface area (Å²) in [6.45, 7) is -0.155. The molecule has 162 valence electrons. The summed E-state index contributed by atoms with van der Waals surface area (Å²) in [5, 5.41) is 2.97. The number of benzene rings is 2. The lowest BCUT2D eigenvalue weighted by Crippen LogP contribution is -2.43.